The zero-order valence-corrected chi connectivity index (χ0v) is 7.56. The van der Waals surface area contributed by atoms with Gasteiger partial charge in [0.25, 0.3) is 5.91 Å². The van der Waals surface area contributed by atoms with Gasteiger partial charge >= 0.3 is 0 Å². The number of benzene rings is 1. The molecule has 62 valence electrons. The first-order valence-corrected chi connectivity index (χ1v) is 4.37. The van der Waals surface area contributed by atoms with Crippen LogP contribution >= 0.6 is 8.52 Å². The van der Waals surface area contributed by atoms with Crippen LogP contribution in [0, 0.1) is 12.1 Å². The van der Waals surface area contributed by atoms with Crippen LogP contribution in [-0.2, 0) is 0 Å². The molecule has 3 nitrogen and oxygen atoms in total. The fraction of sp³-hybridized carbons (Fsp3) is 0.125. The highest BCUT2D eigenvalue weighted by Gasteiger charge is 2.02. The first-order chi connectivity index (χ1) is 5.74. The van der Waals surface area contributed by atoms with E-state index in [1.807, 2.05) is 19.1 Å². The summed E-state index contributed by atoms with van der Waals surface area (Å²) in [6, 6.07) is 7.27. The fourth-order valence-electron chi connectivity index (χ4n) is 0.902. The predicted molar refractivity (Wildman–Crippen MR) is 48.3 cm³/mol. The van der Waals surface area contributed by atoms with E-state index in [1.165, 1.54) is 0 Å². The average Bonchev–Trinajstić information content (AvgIpc) is 2.05. The topological polar surface area (TPSA) is 53.0 Å². The minimum absolute atomic E-state index is 0.136. The molecule has 0 radical (unpaired) electrons. The molecule has 0 fully saturated rings. The van der Waals surface area contributed by atoms with E-state index in [0.29, 0.717) is 5.56 Å². The summed E-state index contributed by atoms with van der Waals surface area (Å²) in [7, 11) is 0.136. The third-order valence-corrected chi connectivity index (χ3v) is 1.75. The summed E-state index contributed by atoms with van der Waals surface area (Å²) in [5.74, 6) is -0.199. The Bertz CT molecular complexity index is 312. The molecule has 0 heterocycles. The Morgan fingerprint density at radius 1 is 1.58 bits per heavy atom. The van der Waals surface area contributed by atoms with Crippen LogP contribution in [0.1, 0.15) is 15.9 Å². The molecule has 0 aliphatic carbocycles. The molecule has 12 heavy (non-hydrogen) atoms. The maximum Gasteiger partial charge on any atom is 0.259 e. The van der Waals surface area contributed by atoms with E-state index in [1.54, 1.807) is 12.1 Å². The van der Waals surface area contributed by atoms with Gasteiger partial charge in [-0.15, -0.1) is 0 Å². The van der Waals surface area contributed by atoms with Crippen LogP contribution in [0.2, 0.25) is 0 Å². The first kappa shape index (κ1) is 8.88. The number of nitrogens with one attached hydrogen (secondary N) is 2. The minimum atomic E-state index is -0.199. The highest BCUT2D eigenvalue weighted by Crippen LogP contribution is 2.04. The molecule has 0 atom stereocenters. The van der Waals surface area contributed by atoms with Gasteiger partial charge in [0, 0.05) is 5.56 Å². The average molecular weight is 180 g/mol. The van der Waals surface area contributed by atoms with Crippen molar-refractivity contribution in [3.63, 3.8) is 0 Å². The van der Waals surface area contributed by atoms with Gasteiger partial charge in [-0.05, 0) is 19.1 Å². The van der Waals surface area contributed by atoms with Gasteiger partial charge in [0.1, 0.15) is 8.52 Å². The van der Waals surface area contributed by atoms with Crippen LogP contribution < -0.4 is 5.09 Å². The Labute approximate surface area is 72.5 Å². The molecule has 0 aliphatic heterocycles. The van der Waals surface area contributed by atoms with Crippen LogP contribution in [0.5, 0.6) is 0 Å². The lowest BCUT2D eigenvalue weighted by molar-refractivity contribution is 0.0983. The van der Waals surface area contributed by atoms with Gasteiger partial charge in [-0.2, -0.15) is 0 Å². The van der Waals surface area contributed by atoms with E-state index in [2.05, 4.69) is 5.09 Å². The quantitative estimate of drug-likeness (QED) is 0.674. The van der Waals surface area contributed by atoms with Gasteiger partial charge in [0.2, 0.25) is 0 Å². The summed E-state index contributed by atoms with van der Waals surface area (Å²) in [4.78, 5) is 11.2. The van der Waals surface area contributed by atoms with E-state index in [0.717, 1.165) is 5.56 Å². The Morgan fingerprint density at radius 3 is 2.92 bits per heavy atom. The Hall–Kier alpha value is -1.21. The molecule has 1 rings (SSSR count). The van der Waals surface area contributed by atoms with E-state index in [4.69, 9.17) is 5.16 Å². The highest BCUT2D eigenvalue weighted by atomic mass is 31.1. The van der Waals surface area contributed by atoms with Gasteiger partial charge in [-0.25, -0.2) is 0 Å². The third kappa shape index (κ3) is 2.14. The molecule has 0 saturated carbocycles. The molecule has 0 aromatic heterocycles. The SMILES string of the molecule is Cc1cccc(C(=O)NP=N)c1. The molecule has 0 bridgehead atoms. The van der Waals surface area contributed by atoms with Crippen molar-refractivity contribution in [1.29, 1.82) is 5.16 Å². The normalized spacial score (nSPS) is 9.75. The summed E-state index contributed by atoms with van der Waals surface area (Å²) < 4.78 is 0. The summed E-state index contributed by atoms with van der Waals surface area (Å²) in [5, 5.41) is 9.17. The smallest absolute Gasteiger partial charge is 0.259 e. The highest BCUT2D eigenvalue weighted by molar-refractivity contribution is 7.23. The molecule has 0 spiro atoms. The fourth-order valence-corrected chi connectivity index (χ4v) is 1.13. The first-order valence-electron chi connectivity index (χ1n) is 3.47. The third-order valence-electron chi connectivity index (χ3n) is 1.44. The summed E-state index contributed by atoms with van der Waals surface area (Å²) >= 11 is 0. The van der Waals surface area contributed by atoms with Gasteiger partial charge in [0.05, 0.1) is 0 Å². The van der Waals surface area contributed by atoms with Crippen LogP contribution in [0.25, 0.3) is 0 Å². The molecule has 0 aliphatic rings. The van der Waals surface area contributed by atoms with Crippen LogP contribution in [0.4, 0.5) is 0 Å². The largest absolute Gasteiger partial charge is 0.289 e. The molecular weight excluding hydrogens is 171 g/mol. The summed E-state index contributed by atoms with van der Waals surface area (Å²) in [6.07, 6.45) is 0. The van der Waals surface area contributed by atoms with Crippen molar-refractivity contribution >= 4 is 14.4 Å². The van der Waals surface area contributed by atoms with Crippen molar-refractivity contribution in [2.75, 3.05) is 0 Å². The van der Waals surface area contributed by atoms with Crippen LogP contribution in [0.3, 0.4) is 0 Å². The standard InChI is InChI=1S/C8H9N2OP/c1-6-3-2-4-7(5-6)8(11)10-12-9/h2-5H,1H3,(H2,9,10,11). The number of carbonyl (C=O) groups excluding carboxylic acids is 1. The van der Waals surface area contributed by atoms with Crippen molar-refractivity contribution in [3.8, 4) is 0 Å². The monoisotopic (exact) mass is 180 g/mol. The van der Waals surface area contributed by atoms with E-state index in [9.17, 15) is 4.79 Å². The van der Waals surface area contributed by atoms with E-state index < -0.39 is 0 Å². The molecule has 1 aromatic carbocycles. The molecule has 2 N–H and O–H groups in total. The lowest BCUT2D eigenvalue weighted by atomic mass is 10.1. The Balaban J connectivity index is 2.87. The van der Waals surface area contributed by atoms with Crippen molar-refractivity contribution < 1.29 is 4.79 Å². The van der Waals surface area contributed by atoms with E-state index >= 15 is 0 Å². The number of amides is 1. The van der Waals surface area contributed by atoms with Crippen molar-refractivity contribution in [2.45, 2.75) is 6.92 Å². The molecular formula is C8H9N2OP. The lowest BCUT2D eigenvalue weighted by Crippen LogP contribution is -2.12. The van der Waals surface area contributed by atoms with Crippen molar-refractivity contribution in [1.82, 2.24) is 5.09 Å². The molecule has 0 saturated heterocycles. The van der Waals surface area contributed by atoms with Gasteiger partial charge in [-0.3, -0.25) is 15.0 Å². The maximum atomic E-state index is 11.2. The number of rotatable bonds is 2. The maximum absolute atomic E-state index is 11.2. The second kappa shape index (κ2) is 3.98. The number of carbonyl (C=O) groups is 1. The second-order valence-corrected chi connectivity index (χ2v) is 2.87. The van der Waals surface area contributed by atoms with Gasteiger partial charge in [0.15, 0.2) is 0 Å². The van der Waals surface area contributed by atoms with Crippen LogP contribution in [0.15, 0.2) is 24.3 Å². The van der Waals surface area contributed by atoms with Gasteiger partial charge in [-0.1, -0.05) is 17.7 Å². The summed E-state index contributed by atoms with van der Waals surface area (Å²) in [6.45, 7) is 1.93. The number of hydrogen-bond acceptors (Lipinski definition) is 2. The van der Waals surface area contributed by atoms with Gasteiger partial charge < -0.3 is 0 Å². The molecule has 4 heteroatoms. The second-order valence-electron chi connectivity index (χ2n) is 2.42. The van der Waals surface area contributed by atoms with E-state index in [-0.39, 0.29) is 14.4 Å². The predicted octanol–water partition coefficient (Wildman–Crippen LogP) is 2.35. The zero-order valence-electron chi connectivity index (χ0n) is 6.66. The minimum Gasteiger partial charge on any atom is -0.289 e. The lowest BCUT2D eigenvalue weighted by Gasteiger charge is -1.98. The Kier molecular flexibility index (Phi) is 2.94. The van der Waals surface area contributed by atoms with Crippen molar-refractivity contribution in [3.05, 3.63) is 35.4 Å². The number of hydrogen-bond donors (Lipinski definition) is 2. The zero-order chi connectivity index (χ0) is 8.97. The summed E-state index contributed by atoms with van der Waals surface area (Å²) in [5.41, 5.74) is 1.65. The molecule has 1 aromatic rings. The van der Waals surface area contributed by atoms with Crippen molar-refractivity contribution in [2.24, 2.45) is 0 Å². The van der Waals surface area contributed by atoms with Crippen LogP contribution in [-0.4, -0.2) is 5.91 Å². The number of aryl methyl sites for hydroxylation is 1. The molecule has 1 amide bonds. The molecule has 0 unspecified atom stereocenters. The Morgan fingerprint density at radius 2 is 2.33 bits per heavy atom.